The van der Waals surface area contributed by atoms with Crippen LogP contribution in [0, 0.1) is 0 Å². The normalized spacial score (nSPS) is 18.2. The van der Waals surface area contributed by atoms with Gasteiger partial charge in [-0.15, -0.1) is 12.4 Å². The number of para-hydroxylation sites is 1. The van der Waals surface area contributed by atoms with Crippen molar-refractivity contribution in [2.75, 3.05) is 31.6 Å². The Labute approximate surface area is 149 Å². The fourth-order valence-electron chi connectivity index (χ4n) is 2.96. The lowest BCUT2D eigenvalue weighted by Gasteiger charge is -2.28. The summed E-state index contributed by atoms with van der Waals surface area (Å²) < 4.78 is 5.18. The average Bonchev–Trinajstić information content (AvgIpc) is 2.96. The first-order valence-corrected chi connectivity index (χ1v) is 8.01. The Bertz CT molecular complexity index is 537. The van der Waals surface area contributed by atoms with E-state index in [1.54, 1.807) is 16.9 Å². The highest BCUT2D eigenvalue weighted by atomic mass is 35.5. The summed E-state index contributed by atoms with van der Waals surface area (Å²) in [7, 11) is 1.54. The Kier molecular flexibility index (Phi) is 8.18. The molecule has 1 fully saturated rings. The van der Waals surface area contributed by atoms with Crippen LogP contribution >= 0.6 is 12.4 Å². The van der Waals surface area contributed by atoms with Gasteiger partial charge in [0, 0.05) is 32.4 Å². The van der Waals surface area contributed by atoms with Crippen LogP contribution in [0.5, 0.6) is 0 Å². The van der Waals surface area contributed by atoms with Crippen molar-refractivity contribution in [1.29, 1.82) is 0 Å². The van der Waals surface area contributed by atoms with E-state index < -0.39 is 6.04 Å². The number of carbonyl (C=O) groups excluding carboxylic acids is 2. The fourth-order valence-corrected chi connectivity index (χ4v) is 2.96. The number of carbonyl (C=O) groups is 2. The molecule has 1 aliphatic heterocycles. The van der Waals surface area contributed by atoms with Gasteiger partial charge in [-0.25, -0.2) is 0 Å². The molecule has 0 radical (unpaired) electrons. The first kappa shape index (κ1) is 20.4. The zero-order valence-corrected chi connectivity index (χ0v) is 15.0. The molecule has 1 saturated heterocycles. The fraction of sp³-hybridized carbons (Fsp3) is 0.529. The molecule has 0 bridgehead atoms. The first-order valence-electron chi connectivity index (χ1n) is 8.01. The Balaban J connectivity index is 0.00000288. The molecule has 1 aromatic carbocycles. The second-order valence-electron chi connectivity index (χ2n) is 5.61. The number of nitrogens with zero attached hydrogens (tertiary/aromatic N) is 2. The molecule has 2 unspecified atom stereocenters. The van der Waals surface area contributed by atoms with E-state index in [-0.39, 0.29) is 43.3 Å². The zero-order valence-electron chi connectivity index (χ0n) is 14.2. The van der Waals surface area contributed by atoms with E-state index in [0.717, 1.165) is 5.69 Å². The topological polar surface area (TPSA) is 75.9 Å². The Morgan fingerprint density at radius 2 is 2.08 bits per heavy atom. The number of nitrogens with two attached hydrogens (primary N) is 1. The van der Waals surface area contributed by atoms with Gasteiger partial charge in [-0.2, -0.15) is 0 Å². The summed E-state index contributed by atoms with van der Waals surface area (Å²) in [5.41, 5.74) is 6.46. The van der Waals surface area contributed by atoms with Crippen LogP contribution < -0.4 is 10.6 Å². The molecule has 6 nitrogen and oxygen atoms in total. The van der Waals surface area contributed by atoms with Crippen LogP contribution in [0.15, 0.2) is 30.3 Å². The van der Waals surface area contributed by atoms with Crippen LogP contribution in [-0.2, 0) is 14.3 Å². The van der Waals surface area contributed by atoms with Crippen LogP contribution in [0.25, 0.3) is 0 Å². The van der Waals surface area contributed by atoms with Crippen molar-refractivity contribution in [3.8, 4) is 0 Å². The van der Waals surface area contributed by atoms with Crippen molar-refractivity contribution in [3.05, 3.63) is 30.3 Å². The van der Waals surface area contributed by atoms with Crippen molar-refractivity contribution in [1.82, 2.24) is 4.90 Å². The predicted molar refractivity (Wildman–Crippen MR) is 96.3 cm³/mol. The maximum atomic E-state index is 12.7. The third kappa shape index (κ3) is 4.47. The summed E-state index contributed by atoms with van der Waals surface area (Å²) >= 11 is 0. The lowest BCUT2D eigenvalue weighted by atomic mass is 10.1. The lowest BCUT2D eigenvalue weighted by Crippen LogP contribution is -2.46. The number of hydrogen-bond acceptors (Lipinski definition) is 4. The quantitative estimate of drug-likeness (QED) is 0.802. The van der Waals surface area contributed by atoms with Crippen molar-refractivity contribution in [2.24, 2.45) is 5.73 Å². The molecule has 0 aliphatic carbocycles. The molecule has 7 heteroatoms. The Hall–Kier alpha value is -1.63. The van der Waals surface area contributed by atoms with Gasteiger partial charge in [0.2, 0.25) is 11.8 Å². The number of rotatable bonds is 7. The van der Waals surface area contributed by atoms with Crippen molar-refractivity contribution in [2.45, 2.75) is 31.9 Å². The van der Waals surface area contributed by atoms with E-state index in [1.807, 2.05) is 37.3 Å². The number of hydrogen-bond donors (Lipinski definition) is 1. The molecular formula is C17H26ClN3O3. The predicted octanol–water partition coefficient (Wildman–Crippen LogP) is 1.43. The first-order chi connectivity index (χ1) is 11.1. The number of ether oxygens (including phenoxy) is 1. The van der Waals surface area contributed by atoms with Gasteiger partial charge in [-0.1, -0.05) is 18.2 Å². The van der Waals surface area contributed by atoms with Gasteiger partial charge >= 0.3 is 0 Å². The number of likely N-dealkylation sites (N-methyl/N-ethyl adjacent to an activating group) is 1. The summed E-state index contributed by atoms with van der Waals surface area (Å²) in [5.74, 6) is -0.105. The van der Waals surface area contributed by atoms with Gasteiger partial charge in [-0.05, 0) is 25.5 Å². The minimum absolute atomic E-state index is 0. The summed E-state index contributed by atoms with van der Waals surface area (Å²) in [6, 6.07) is 9.15. The van der Waals surface area contributed by atoms with E-state index >= 15 is 0 Å². The van der Waals surface area contributed by atoms with Crippen LogP contribution in [0.2, 0.25) is 0 Å². The summed E-state index contributed by atoms with van der Waals surface area (Å²) in [5, 5.41) is 0. The van der Waals surface area contributed by atoms with Gasteiger partial charge in [0.05, 0.1) is 12.5 Å². The van der Waals surface area contributed by atoms with Gasteiger partial charge in [0.1, 0.15) is 6.04 Å². The number of amides is 2. The van der Waals surface area contributed by atoms with Gasteiger partial charge in [0.15, 0.2) is 0 Å². The number of anilines is 1. The molecule has 1 heterocycles. The molecule has 134 valence electrons. The molecule has 1 aliphatic rings. The average molecular weight is 356 g/mol. The monoisotopic (exact) mass is 355 g/mol. The van der Waals surface area contributed by atoms with Crippen LogP contribution in [0.1, 0.15) is 19.8 Å². The Morgan fingerprint density at radius 1 is 1.42 bits per heavy atom. The van der Waals surface area contributed by atoms with E-state index in [0.29, 0.717) is 19.5 Å². The van der Waals surface area contributed by atoms with E-state index in [9.17, 15) is 9.59 Å². The van der Waals surface area contributed by atoms with Gasteiger partial charge in [-0.3, -0.25) is 9.59 Å². The highest BCUT2D eigenvalue weighted by Gasteiger charge is 2.38. The smallest absolute Gasteiger partial charge is 0.249 e. The molecule has 1 aromatic rings. The molecule has 0 saturated carbocycles. The molecule has 2 atom stereocenters. The zero-order chi connectivity index (χ0) is 16.8. The third-order valence-corrected chi connectivity index (χ3v) is 4.28. The summed E-state index contributed by atoms with van der Waals surface area (Å²) in [4.78, 5) is 28.6. The number of halogens is 1. The minimum atomic E-state index is -0.400. The standard InChI is InChI=1S/C17H25N3O3.ClH/c1-3-19(16(21)11-14(12-18)23-2)15-9-10-20(17(15)22)13-7-5-4-6-8-13;/h4-8,14-15H,3,9-12,18H2,1-2H3;1H. The largest absolute Gasteiger partial charge is 0.380 e. The third-order valence-electron chi connectivity index (χ3n) is 4.28. The van der Waals surface area contributed by atoms with Gasteiger partial charge < -0.3 is 20.3 Å². The van der Waals surface area contributed by atoms with E-state index in [4.69, 9.17) is 10.5 Å². The molecule has 2 rings (SSSR count). The van der Waals surface area contributed by atoms with Crippen LogP contribution in [-0.4, -0.2) is 55.6 Å². The van der Waals surface area contributed by atoms with Crippen LogP contribution in [0.3, 0.4) is 0 Å². The van der Waals surface area contributed by atoms with Crippen LogP contribution in [0.4, 0.5) is 5.69 Å². The second-order valence-corrected chi connectivity index (χ2v) is 5.61. The highest BCUT2D eigenvalue weighted by molar-refractivity contribution is 6.01. The maximum absolute atomic E-state index is 12.7. The van der Waals surface area contributed by atoms with E-state index in [2.05, 4.69) is 0 Å². The SMILES string of the molecule is CCN(C(=O)CC(CN)OC)C1CCN(c2ccccc2)C1=O.Cl. The molecule has 0 aromatic heterocycles. The highest BCUT2D eigenvalue weighted by Crippen LogP contribution is 2.24. The Morgan fingerprint density at radius 3 is 2.62 bits per heavy atom. The maximum Gasteiger partial charge on any atom is 0.249 e. The molecule has 0 spiro atoms. The number of methoxy groups -OCH3 is 1. The summed E-state index contributed by atoms with van der Waals surface area (Å²) in [6.45, 7) is 3.30. The summed E-state index contributed by atoms with van der Waals surface area (Å²) in [6.07, 6.45) is 0.544. The van der Waals surface area contributed by atoms with E-state index in [1.165, 1.54) is 0 Å². The van der Waals surface area contributed by atoms with Gasteiger partial charge in [0.25, 0.3) is 0 Å². The molecule has 2 amide bonds. The van der Waals surface area contributed by atoms with Crippen molar-refractivity contribution < 1.29 is 14.3 Å². The molecule has 24 heavy (non-hydrogen) atoms. The molecular weight excluding hydrogens is 330 g/mol. The minimum Gasteiger partial charge on any atom is -0.380 e. The lowest BCUT2D eigenvalue weighted by molar-refractivity contribution is -0.140. The van der Waals surface area contributed by atoms with Crippen molar-refractivity contribution >= 4 is 29.9 Å². The second kappa shape index (κ2) is 9.61. The molecule has 2 N–H and O–H groups in total. The number of benzene rings is 1. The van der Waals surface area contributed by atoms with Crippen molar-refractivity contribution in [3.63, 3.8) is 0 Å².